The Morgan fingerprint density at radius 1 is 1.45 bits per heavy atom. The number of carbonyl (C=O) groups excluding carboxylic acids is 2. The van der Waals surface area contributed by atoms with Gasteiger partial charge in [-0.25, -0.2) is 0 Å². The summed E-state index contributed by atoms with van der Waals surface area (Å²) in [5.74, 6) is -0.0215. The van der Waals surface area contributed by atoms with Crippen LogP contribution in [-0.2, 0) is 9.59 Å². The number of nitrogens with one attached hydrogen (secondary N) is 1. The number of amides is 2. The lowest BCUT2D eigenvalue weighted by atomic mass is 9.94. The summed E-state index contributed by atoms with van der Waals surface area (Å²) in [6.45, 7) is 0. The Balaban J connectivity index is 2.45. The van der Waals surface area contributed by atoms with Crippen LogP contribution in [0.25, 0.3) is 0 Å². The van der Waals surface area contributed by atoms with Crippen molar-refractivity contribution in [2.45, 2.75) is 50.6 Å². The van der Waals surface area contributed by atoms with Gasteiger partial charge in [0, 0.05) is 0 Å². The molecule has 0 aromatic rings. The van der Waals surface area contributed by atoms with Gasteiger partial charge >= 0.3 is 0 Å². The van der Waals surface area contributed by atoms with Crippen LogP contribution in [0.1, 0.15) is 38.5 Å². The van der Waals surface area contributed by atoms with Gasteiger partial charge in [0.15, 0.2) is 0 Å². The molecule has 0 aromatic carbocycles. The molecule has 0 saturated heterocycles. The first-order chi connectivity index (χ1) is 9.54. The molecule has 20 heavy (non-hydrogen) atoms. The Bertz CT molecular complexity index is 371. The SMILES string of the molecule is CSCC[C@H](NC(=O)C(N)CC1=CCCCC1)C(N)=O. The molecule has 2 amide bonds. The highest BCUT2D eigenvalue weighted by Crippen LogP contribution is 2.20. The molecule has 0 spiro atoms. The van der Waals surface area contributed by atoms with Gasteiger partial charge in [-0.3, -0.25) is 9.59 Å². The zero-order chi connectivity index (χ0) is 15.0. The maximum absolute atomic E-state index is 12.0. The first-order valence-electron chi connectivity index (χ1n) is 7.06. The van der Waals surface area contributed by atoms with Crippen LogP contribution in [0.2, 0.25) is 0 Å². The van der Waals surface area contributed by atoms with Crippen molar-refractivity contribution in [2.24, 2.45) is 11.5 Å². The summed E-state index contributed by atoms with van der Waals surface area (Å²) >= 11 is 1.61. The van der Waals surface area contributed by atoms with E-state index in [9.17, 15) is 9.59 Å². The summed E-state index contributed by atoms with van der Waals surface area (Å²) < 4.78 is 0. The number of rotatable bonds is 8. The first kappa shape index (κ1) is 17.0. The molecule has 0 heterocycles. The quantitative estimate of drug-likeness (QED) is 0.581. The number of hydrogen-bond donors (Lipinski definition) is 3. The lowest BCUT2D eigenvalue weighted by Crippen LogP contribution is -2.50. The Kier molecular flexibility index (Phi) is 7.69. The second-order valence-corrected chi connectivity index (χ2v) is 6.15. The summed E-state index contributed by atoms with van der Waals surface area (Å²) in [7, 11) is 0. The van der Waals surface area contributed by atoms with Crippen molar-refractivity contribution in [3.8, 4) is 0 Å². The van der Waals surface area contributed by atoms with Crippen LogP contribution in [0, 0.1) is 0 Å². The molecule has 1 aliphatic carbocycles. The summed E-state index contributed by atoms with van der Waals surface area (Å²) in [4.78, 5) is 23.3. The predicted octanol–water partition coefficient (Wildman–Crippen LogP) is 0.927. The topological polar surface area (TPSA) is 98.2 Å². The van der Waals surface area contributed by atoms with Crippen LogP contribution in [0.15, 0.2) is 11.6 Å². The van der Waals surface area contributed by atoms with Crippen molar-refractivity contribution >= 4 is 23.6 Å². The van der Waals surface area contributed by atoms with E-state index in [1.54, 1.807) is 11.8 Å². The number of nitrogens with two attached hydrogens (primary N) is 2. The second kappa shape index (κ2) is 9.02. The summed E-state index contributed by atoms with van der Waals surface area (Å²) in [6, 6.07) is -1.23. The van der Waals surface area contributed by atoms with Crippen molar-refractivity contribution in [1.29, 1.82) is 0 Å². The summed E-state index contributed by atoms with van der Waals surface area (Å²) in [5.41, 5.74) is 12.5. The molecule has 114 valence electrons. The van der Waals surface area contributed by atoms with Crippen molar-refractivity contribution in [2.75, 3.05) is 12.0 Å². The summed E-state index contributed by atoms with van der Waals surface area (Å²) in [6.07, 6.45) is 9.70. The normalized spacial score (nSPS) is 18.0. The van der Waals surface area contributed by atoms with Crippen molar-refractivity contribution in [3.05, 3.63) is 11.6 Å². The minimum Gasteiger partial charge on any atom is -0.368 e. The van der Waals surface area contributed by atoms with Gasteiger partial charge < -0.3 is 16.8 Å². The first-order valence-corrected chi connectivity index (χ1v) is 8.46. The molecule has 1 unspecified atom stereocenters. The van der Waals surface area contributed by atoms with Gasteiger partial charge in [0.25, 0.3) is 0 Å². The smallest absolute Gasteiger partial charge is 0.240 e. The molecule has 5 N–H and O–H groups in total. The van der Waals surface area contributed by atoms with Gasteiger partial charge in [0.05, 0.1) is 6.04 Å². The van der Waals surface area contributed by atoms with Gasteiger partial charge in [-0.2, -0.15) is 11.8 Å². The van der Waals surface area contributed by atoms with E-state index >= 15 is 0 Å². The molecule has 0 aromatic heterocycles. The van der Waals surface area contributed by atoms with E-state index in [0.29, 0.717) is 12.8 Å². The highest BCUT2D eigenvalue weighted by Gasteiger charge is 2.22. The molecular formula is C14H25N3O2S. The number of carbonyl (C=O) groups is 2. The maximum Gasteiger partial charge on any atom is 0.240 e. The average molecular weight is 299 g/mol. The molecule has 5 nitrogen and oxygen atoms in total. The lowest BCUT2D eigenvalue weighted by molar-refractivity contribution is -0.128. The van der Waals surface area contributed by atoms with Crippen LogP contribution in [0.4, 0.5) is 0 Å². The molecule has 1 rings (SSSR count). The molecule has 0 bridgehead atoms. The number of thioether (sulfide) groups is 1. The molecule has 2 atom stereocenters. The van der Waals surface area contributed by atoms with E-state index < -0.39 is 18.0 Å². The minimum absolute atomic E-state index is 0.290. The molecule has 6 heteroatoms. The van der Waals surface area contributed by atoms with Crippen molar-refractivity contribution in [3.63, 3.8) is 0 Å². The minimum atomic E-state index is -0.624. The fraction of sp³-hybridized carbons (Fsp3) is 0.714. The number of primary amides is 1. The van der Waals surface area contributed by atoms with Gasteiger partial charge in [-0.05, 0) is 50.5 Å². The lowest BCUT2D eigenvalue weighted by Gasteiger charge is -2.20. The van der Waals surface area contributed by atoms with Crippen LogP contribution in [0.3, 0.4) is 0 Å². The Morgan fingerprint density at radius 3 is 2.75 bits per heavy atom. The molecular weight excluding hydrogens is 274 g/mol. The number of allylic oxidation sites excluding steroid dienone is 1. The summed E-state index contributed by atoms with van der Waals surface area (Å²) in [5, 5.41) is 2.66. The van der Waals surface area contributed by atoms with Crippen molar-refractivity contribution < 1.29 is 9.59 Å². The third-order valence-corrected chi connectivity index (χ3v) is 4.12. The zero-order valence-electron chi connectivity index (χ0n) is 12.1. The Morgan fingerprint density at radius 2 is 2.20 bits per heavy atom. The molecule has 0 aliphatic heterocycles. The van der Waals surface area contributed by atoms with Crippen LogP contribution >= 0.6 is 11.8 Å². The van der Waals surface area contributed by atoms with Crippen LogP contribution in [-0.4, -0.2) is 35.9 Å². The van der Waals surface area contributed by atoms with Gasteiger partial charge in [-0.15, -0.1) is 0 Å². The third-order valence-electron chi connectivity index (χ3n) is 3.47. The van der Waals surface area contributed by atoms with E-state index in [1.165, 1.54) is 12.0 Å². The predicted molar refractivity (Wildman–Crippen MR) is 83.3 cm³/mol. The molecule has 0 fully saturated rings. The fourth-order valence-electron chi connectivity index (χ4n) is 2.27. The van der Waals surface area contributed by atoms with Gasteiger partial charge in [-0.1, -0.05) is 11.6 Å². The van der Waals surface area contributed by atoms with Gasteiger partial charge in [0.1, 0.15) is 6.04 Å². The van der Waals surface area contributed by atoms with E-state index in [1.807, 2.05) is 6.26 Å². The van der Waals surface area contributed by atoms with Crippen LogP contribution < -0.4 is 16.8 Å². The third kappa shape index (κ3) is 5.96. The van der Waals surface area contributed by atoms with Gasteiger partial charge in [0.2, 0.25) is 11.8 Å². The largest absolute Gasteiger partial charge is 0.368 e. The Hall–Kier alpha value is -1.01. The standard InChI is InChI=1S/C14H25N3O2S/c1-20-8-7-12(13(16)18)17-14(19)11(15)9-10-5-3-2-4-6-10/h5,11-12H,2-4,6-9,15H2,1H3,(H2,16,18)(H,17,19)/t11?,12-/m0/s1. The average Bonchev–Trinajstić information content (AvgIpc) is 2.43. The number of hydrogen-bond acceptors (Lipinski definition) is 4. The van der Waals surface area contributed by atoms with E-state index in [-0.39, 0.29) is 5.91 Å². The van der Waals surface area contributed by atoms with Crippen LogP contribution in [0.5, 0.6) is 0 Å². The van der Waals surface area contributed by atoms with E-state index in [4.69, 9.17) is 11.5 Å². The highest BCUT2D eigenvalue weighted by molar-refractivity contribution is 7.98. The monoisotopic (exact) mass is 299 g/mol. The molecule has 0 saturated carbocycles. The second-order valence-electron chi connectivity index (χ2n) is 5.16. The fourth-order valence-corrected chi connectivity index (χ4v) is 2.74. The van der Waals surface area contributed by atoms with E-state index in [2.05, 4.69) is 11.4 Å². The molecule has 0 radical (unpaired) electrons. The molecule has 1 aliphatic rings. The Labute approximate surface area is 124 Å². The maximum atomic E-state index is 12.0. The van der Waals surface area contributed by atoms with E-state index in [0.717, 1.165) is 25.0 Å². The highest BCUT2D eigenvalue weighted by atomic mass is 32.2. The zero-order valence-corrected chi connectivity index (χ0v) is 12.9. The van der Waals surface area contributed by atoms with Crippen molar-refractivity contribution in [1.82, 2.24) is 5.32 Å².